The zero-order chi connectivity index (χ0) is 14.4. The van der Waals surface area contributed by atoms with Crippen molar-refractivity contribution in [2.45, 2.75) is 25.8 Å². The first-order valence-electron chi connectivity index (χ1n) is 6.00. The monoisotopic (exact) mass is 268 g/mol. The van der Waals surface area contributed by atoms with Gasteiger partial charge in [0, 0.05) is 13.0 Å². The standard InChI is InChI=1S/C13H17FN2O3/c1-2-16(11-6-4-3-5-9(11)14)13(19)10(15)7-8-12(17)18/h3-6,10H,2,7-8,15H2,1H3,(H,17,18). The van der Waals surface area contributed by atoms with Crippen LogP contribution in [0, 0.1) is 5.82 Å². The number of rotatable bonds is 6. The number of nitrogens with zero attached hydrogens (tertiary/aromatic N) is 1. The average molecular weight is 268 g/mol. The second-order valence-corrected chi connectivity index (χ2v) is 4.07. The normalized spacial score (nSPS) is 11.9. The summed E-state index contributed by atoms with van der Waals surface area (Å²) in [6.45, 7) is 1.97. The first kappa shape index (κ1) is 15.1. The van der Waals surface area contributed by atoms with Crippen LogP contribution in [0.2, 0.25) is 0 Å². The Labute approximate surface area is 110 Å². The molecule has 0 bridgehead atoms. The van der Waals surface area contributed by atoms with Crippen molar-refractivity contribution in [2.75, 3.05) is 11.4 Å². The molecule has 0 radical (unpaired) electrons. The van der Waals surface area contributed by atoms with Crippen LogP contribution in [0.4, 0.5) is 10.1 Å². The van der Waals surface area contributed by atoms with E-state index in [-0.39, 0.29) is 25.1 Å². The topological polar surface area (TPSA) is 83.6 Å². The van der Waals surface area contributed by atoms with Gasteiger partial charge in [0.1, 0.15) is 5.82 Å². The highest BCUT2D eigenvalue weighted by molar-refractivity contribution is 5.97. The summed E-state index contributed by atoms with van der Waals surface area (Å²) in [6, 6.07) is 4.95. The Balaban J connectivity index is 2.82. The number of carbonyl (C=O) groups is 2. The third-order valence-corrected chi connectivity index (χ3v) is 2.71. The zero-order valence-electron chi connectivity index (χ0n) is 10.7. The van der Waals surface area contributed by atoms with E-state index in [9.17, 15) is 14.0 Å². The molecule has 1 unspecified atom stereocenters. The van der Waals surface area contributed by atoms with Gasteiger partial charge in [0.2, 0.25) is 5.91 Å². The van der Waals surface area contributed by atoms with Crippen LogP contribution in [0.3, 0.4) is 0 Å². The lowest BCUT2D eigenvalue weighted by Crippen LogP contribution is -2.44. The highest BCUT2D eigenvalue weighted by atomic mass is 19.1. The molecule has 0 spiro atoms. The van der Waals surface area contributed by atoms with E-state index in [1.807, 2.05) is 0 Å². The quantitative estimate of drug-likeness (QED) is 0.816. The highest BCUT2D eigenvalue weighted by Crippen LogP contribution is 2.19. The first-order valence-corrected chi connectivity index (χ1v) is 6.00. The molecule has 6 heteroatoms. The van der Waals surface area contributed by atoms with E-state index >= 15 is 0 Å². The van der Waals surface area contributed by atoms with Gasteiger partial charge in [-0.1, -0.05) is 12.1 Å². The number of para-hydroxylation sites is 1. The SMILES string of the molecule is CCN(C(=O)C(N)CCC(=O)O)c1ccccc1F. The minimum Gasteiger partial charge on any atom is -0.481 e. The summed E-state index contributed by atoms with van der Waals surface area (Å²) in [5.41, 5.74) is 5.81. The Bertz CT molecular complexity index is 465. The largest absolute Gasteiger partial charge is 0.481 e. The lowest BCUT2D eigenvalue weighted by atomic mass is 10.1. The van der Waals surface area contributed by atoms with E-state index in [4.69, 9.17) is 10.8 Å². The van der Waals surface area contributed by atoms with Gasteiger partial charge in [-0.25, -0.2) is 4.39 Å². The number of hydrogen-bond donors (Lipinski definition) is 2. The fourth-order valence-electron chi connectivity index (χ4n) is 1.72. The molecule has 1 atom stereocenters. The second-order valence-electron chi connectivity index (χ2n) is 4.07. The summed E-state index contributed by atoms with van der Waals surface area (Å²) in [6.07, 6.45) is -0.166. The lowest BCUT2D eigenvalue weighted by Gasteiger charge is -2.24. The van der Waals surface area contributed by atoms with E-state index in [1.165, 1.54) is 23.1 Å². The lowest BCUT2D eigenvalue weighted by molar-refractivity contribution is -0.137. The van der Waals surface area contributed by atoms with Crippen molar-refractivity contribution in [2.24, 2.45) is 5.73 Å². The van der Waals surface area contributed by atoms with E-state index in [0.29, 0.717) is 0 Å². The van der Waals surface area contributed by atoms with Crippen LogP contribution in [0.1, 0.15) is 19.8 Å². The maximum Gasteiger partial charge on any atom is 0.303 e. The van der Waals surface area contributed by atoms with Gasteiger partial charge in [-0.05, 0) is 25.5 Å². The summed E-state index contributed by atoms with van der Waals surface area (Å²) in [5.74, 6) is -2.01. The second kappa shape index (κ2) is 6.84. The fourth-order valence-corrected chi connectivity index (χ4v) is 1.72. The molecule has 0 saturated heterocycles. The Kier molecular flexibility index (Phi) is 5.44. The summed E-state index contributed by atoms with van der Waals surface area (Å²) in [5, 5.41) is 8.56. The molecule has 0 fully saturated rings. The van der Waals surface area contributed by atoms with E-state index in [0.717, 1.165) is 0 Å². The number of aliphatic carboxylic acids is 1. The Hall–Kier alpha value is -1.95. The number of carboxylic acid groups (broad SMARTS) is 1. The molecule has 3 N–H and O–H groups in total. The number of anilines is 1. The van der Waals surface area contributed by atoms with Crippen LogP contribution in [0.25, 0.3) is 0 Å². The molecule has 0 heterocycles. The predicted octanol–water partition coefficient (Wildman–Crippen LogP) is 1.37. The number of likely N-dealkylation sites (N-methyl/N-ethyl adjacent to an activating group) is 1. The molecule has 104 valence electrons. The van der Waals surface area contributed by atoms with Crippen molar-refractivity contribution in [3.63, 3.8) is 0 Å². The number of halogens is 1. The molecular formula is C13H17FN2O3. The fraction of sp³-hybridized carbons (Fsp3) is 0.385. The predicted molar refractivity (Wildman–Crippen MR) is 69.3 cm³/mol. The molecule has 0 aliphatic heterocycles. The molecule has 0 aliphatic rings. The van der Waals surface area contributed by atoms with Gasteiger partial charge in [-0.15, -0.1) is 0 Å². The highest BCUT2D eigenvalue weighted by Gasteiger charge is 2.23. The molecule has 19 heavy (non-hydrogen) atoms. The molecule has 0 saturated carbocycles. The summed E-state index contributed by atoms with van der Waals surface area (Å²) < 4.78 is 13.6. The van der Waals surface area contributed by atoms with E-state index < -0.39 is 23.7 Å². The third-order valence-electron chi connectivity index (χ3n) is 2.71. The number of carbonyl (C=O) groups excluding carboxylic acids is 1. The zero-order valence-corrected chi connectivity index (χ0v) is 10.7. The first-order chi connectivity index (χ1) is 8.97. The van der Waals surface area contributed by atoms with E-state index in [1.54, 1.807) is 13.0 Å². The minimum absolute atomic E-state index is 0.0269. The summed E-state index contributed by atoms with van der Waals surface area (Å²) in [7, 11) is 0. The van der Waals surface area contributed by atoms with Gasteiger partial charge in [0.15, 0.2) is 0 Å². The number of amides is 1. The van der Waals surface area contributed by atoms with Gasteiger partial charge in [0.25, 0.3) is 0 Å². The van der Waals surface area contributed by atoms with Crippen LogP contribution >= 0.6 is 0 Å². The molecule has 1 aromatic carbocycles. The summed E-state index contributed by atoms with van der Waals surface area (Å²) in [4.78, 5) is 23.8. The van der Waals surface area contributed by atoms with Gasteiger partial charge >= 0.3 is 5.97 Å². The van der Waals surface area contributed by atoms with Crippen molar-refractivity contribution in [3.8, 4) is 0 Å². The van der Waals surface area contributed by atoms with Crippen molar-refractivity contribution in [1.82, 2.24) is 0 Å². The van der Waals surface area contributed by atoms with Crippen LogP contribution in [0.5, 0.6) is 0 Å². The number of nitrogens with two attached hydrogens (primary N) is 1. The molecule has 5 nitrogen and oxygen atoms in total. The molecule has 1 aromatic rings. The van der Waals surface area contributed by atoms with Crippen LogP contribution in [-0.4, -0.2) is 29.6 Å². The third kappa shape index (κ3) is 4.03. The van der Waals surface area contributed by atoms with Gasteiger partial charge in [-0.2, -0.15) is 0 Å². The number of benzene rings is 1. The maximum atomic E-state index is 13.6. The van der Waals surface area contributed by atoms with Crippen LogP contribution in [-0.2, 0) is 9.59 Å². The average Bonchev–Trinajstić information content (AvgIpc) is 2.38. The smallest absolute Gasteiger partial charge is 0.303 e. The Morgan fingerprint density at radius 3 is 2.58 bits per heavy atom. The van der Waals surface area contributed by atoms with Gasteiger partial charge in [0.05, 0.1) is 11.7 Å². The van der Waals surface area contributed by atoms with Crippen LogP contribution in [0.15, 0.2) is 24.3 Å². The Morgan fingerprint density at radius 1 is 1.42 bits per heavy atom. The molecule has 0 aromatic heterocycles. The van der Waals surface area contributed by atoms with Crippen LogP contribution < -0.4 is 10.6 Å². The van der Waals surface area contributed by atoms with Gasteiger partial charge < -0.3 is 15.7 Å². The number of hydrogen-bond acceptors (Lipinski definition) is 3. The van der Waals surface area contributed by atoms with Gasteiger partial charge in [-0.3, -0.25) is 9.59 Å². The Morgan fingerprint density at radius 2 is 2.05 bits per heavy atom. The maximum absolute atomic E-state index is 13.6. The molecule has 0 aliphatic carbocycles. The van der Waals surface area contributed by atoms with Crippen molar-refractivity contribution in [3.05, 3.63) is 30.1 Å². The molecular weight excluding hydrogens is 251 g/mol. The molecule has 1 amide bonds. The van der Waals surface area contributed by atoms with E-state index in [2.05, 4.69) is 0 Å². The minimum atomic E-state index is -1.02. The molecule has 1 rings (SSSR count). The van der Waals surface area contributed by atoms with Crippen molar-refractivity contribution in [1.29, 1.82) is 0 Å². The van der Waals surface area contributed by atoms with Crippen molar-refractivity contribution >= 4 is 17.6 Å². The van der Waals surface area contributed by atoms with Crippen molar-refractivity contribution < 1.29 is 19.1 Å². The number of carboxylic acids is 1. The summed E-state index contributed by atoms with van der Waals surface area (Å²) >= 11 is 0.